The molecule has 0 radical (unpaired) electrons. The third-order valence-electron chi connectivity index (χ3n) is 5.16. The first kappa shape index (κ1) is 15.6. The fraction of sp³-hybridized carbons (Fsp3) is 0.611. The summed E-state index contributed by atoms with van der Waals surface area (Å²) in [6, 6.07) is 2.13. The molecule has 1 unspecified atom stereocenters. The van der Waals surface area contributed by atoms with Crippen molar-refractivity contribution in [2.75, 3.05) is 6.54 Å². The van der Waals surface area contributed by atoms with E-state index in [0.29, 0.717) is 19.1 Å². The second-order valence-corrected chi connectivity index (χ2v) is 6.97. The van der Waals surface area contributed by atoms with Gasteiger partial charge in [0.05, 0.1) is 25.0 Å². The van der Waals surface area contributed by atoms with E-state index in [-0.39, 0.29) is 5.56 Å². The number of hydrogen-bond donors (Lipinski definition) is 0. The minimum atomic E-state index is 0.0365. The van der Waals surface area contributed by atoms with E-state index in [0.717, 1.165) is 55.1 Å². The lowest BCUT2D eigenvalue weighted by atomic mass is 9.97. The van der Waals surface area contributed by atoms with Crippen LogP contribution < -0.4 is 5.56 Å². The molecule has 0 spiro atoms. The average molecular weight is 328 g/mol. The van der Waals surface area contributed by atoms with Gasteiger partial charge in [-0.2, -0.15) is 5.10 Å². The van der Waals surface area contributed by atoms with Crippen LogP contribution in [-0.4, -0.2) is 32.3 Å². The Labute approximate surface area is 141 Å². The molecule has 1 aliphatic carbocycles. The van der Waals surface area contributed by atoms with Gasteiger partial charge in [0.2, 0.25) is 5.89 Å². The van der Waals surface area contributed by atoms with E-state index in [4.69, 9.17) is 4.42 Å². The summed E-state index contributed by atoms with van der Waals surface area (Å²) in [6.07, 6.45) is 8.34. The van der Waals surface area contributed by atoms with Crippen molar-refractivity contribution in [2.45, 2.75) is 64.6 Å². The Balaban J connectivity index is 1.50. The highest BCUT2D eigenvalue weighted by Crippen LogP contribution is 2.22. The van der Waals surface area contributed by atoms with Gasteiger partial charge in [-0.05, 0) is 57.6 Å². The largest absolute Gasteiger partial charge is 0.445 e. The zero-order valence-electron chi connectivity index (χ0n) is 14.2. The fourth-order valence-electron chi connectivity index (χ4n) is 3.89. The number of nitrogens with zero attached hydrogens (tertiary/aromatic N) is 4. The predicted octanol–water partition coefficient (Wildman–Crippen LogP) is 2.08. The first-order valence-electron chi connectivity index (χ1n) is 8.94. The molecule has 4 rings (SSSR count). The average Bonchev–Trinajstić information content (AvgIpc) is 3.18. The highest BCUT2D eigenvalue weighted by Gasteiger charge is 2.27. The van der Waals surface area contributed by atoms with Crippen molar-refractivity contribution in [3.05, 3.63) is 45.5 Å². The number of hydrogen-bond acceptors (Lipinski definition) is 5. The fourth-order valence-corrected chi connectivity index (χ4v) is 3.89. The third kappa shape index (κ3) is 3.15. The maximum Gasteiger partial charge on any atom is 0.267 e. The normalized spacial score (nSPS) is 21.1. The first-order chi connectivity index (χ1) is 11.7. The van der Waals surface area contributed by atoms with Crippen molar-refractivity contribution < 1.29 is 4.42 Å². The van der Waals surface area contributed by atoms with Crippen LogP contribution in [0.25, 0.3) is 0 Å². The number of fused-ring (bicyclic) bond motifs is 1. The third-order valence-corrected chi connectivity index (χ3v) is 5.16. The minimum Gasteiger partial charge on any atom is -0.445 e. The van der Waals surface area contributed by atoms with E-state index in [9.17, 15) is 4.79 Å². The molecule has 0 amide bonds. The molecule has 2 aromatic heterocycles. The molecule has 128 valence electrons. The van der Waals surface area contributed by atoms with Gasteiger partial charge in [0.25, 0.3) is 5.56 Å². The number of rotatable bonds is 4. The summed E-state index contributed by atoms with van der Waals surface area (Å²) in [5.41, 5.74) is 2.31. The van der Waals surface area contributed by atoms with Crippen LogP contribution in [0.4, 0.5) is 0 Å². The lowest BCUT2D eigenvalue weighted by molar-refractivity contribution is 0.196. The molecule has 0 N–H and O–H groups in total. The quantitative estimate of drug-likeness (QED) is 0.860. The second kappa shape index (κ2) is 6.51. The zero-order chi connectivity index (χ0) is 16.5. The van der Waals surface area contributed by atoms with Gasteiger partial charge in [0.1, 0.15) is 5.76 Å². The van der Waals surface area contributed by atoms with Crippen LogP contribution in [0.2, 0.25) is 0 Å². The van der Waals surface area contributed by atoms with Gasteiger partial charge < -0.3 is 4.42 Å². The van der Waals surface area contributed by atoms with Crippen LogP contribution in [-0.2, 0) is 25.9 Å². The second-order valence-electron chi connectivity index (χ2n) is 6.97. The summed E-state index contributed by atoms with van der Waals surface area (Å²) < 4.78 is 7.28. The first-order valence-corrected chi connectivity index (χ1v) is 8.94. The number of aryl methyl sites for hydroxylation is 3. The molecule has 1 saturated heterocycles. The lowest BCUT2D eigenvalue weighted by Gasteiger charge is -2.24. The van der Waals surface area contributed by atoms with Crippen molar-refractivity contribution in [3.8, 4) is 0 Å². The monoisotopic (exact) mass is 328 g/mol. The summed E-state index contributed by atoms with van der Waals surface area (Å²) in [5, 5.41) is 4.66. The molecular formula is C18H24N4O2. The lowest BCUT2D eigenvalue weighted by Crippen LogP contribution is -2.37. The predicted molar refractivity (Wildman–Crippen MR) is 89.8 cm³/mol. The molecule has 3 heterocycles. The van der Waals surface area contributed by atoms with E-state index < -0.39 is 0 Å². The van der Waals surface area contributed by atoms with Gasteiger partial charge in [-0.15, -0.1) is 0 Å². The number of likely N-dealkylation sites (tertiary alicyclic amines) is 1. The zero-order valence-corrected chi connectivity index (χ0v) is 14.2. The van der Waals surface area contributed by atoms with E-state index in [2.05, 4.69) is 15.0 Å². The summed E-state index contributed by atoms with van der Waals surface area (Å²) in [7, 11) is 0. The maximum absolute atomic E-state index is 12.4. The molecule has 0 saturated carbocycles. The van der Waals surface area contributed by atoms with Crippen molar-refractivity contribution in [3.63, 3.8) is 0 Å². The SMILES string of the molecule is Cc1cnc(CN2CCCC2Cn2nc3c(cc2=O)CCCC3)o1. The molecule has 0 bridgehead atoms. The van der Waals surface area contributed by atoms with Gasteiger partial charge in [0, 0.05) is 12.1 Å². The molecule has 1 aliphatic heterocycles. The van der Waals surface area contributed by atoms with Crippen LogP contribution >= 0.6 is 0 Å². The summed E-state index contributed by atoms with van der Waals surface area (Å²) >= 11 is 0. The molecular weight excluding hydrogens is 304 g/mol. The van der Waals surface area contributed by atoms with Gasteiger partial charge in [-0.3, -0.25) is 9.69 Å². The maximum atomic E-state index is 12.4. The van der Waals surface area contributed by atoms with Crippen molar-refractivity contribution >= 4 is 0 Å². The Morgan fingerprint density at radius 1 is 1.29 bits per heavy atom. The Bertz CT molecular complexity index is 780. The van der Waals surface area contributed by atoms with Gasteiger partial charge >= 0.3 is 0 Å². The minimum absolute atomic E-state index is 0.0365. The molecule has 6 heteroatoms. The van der Waals surface area contributed by atoms with Crippen LogP contribution in [0, 0.1) is 6.92 Å². The van der Waals surface area contributed by atoms with E-state index >= 15 is 0 Å². The molecule has 1 fully saturated rings. The Morgan fingerprint density at radius 3 is 3.00 bits per heavy atom. The molecule has 2 aromatic rings. The molecule has 6 nitrogen and oxygen atoms in total. The van der Waals surface area contributed by atoms with Crippen LogP contribution in [0.5, 0.6) is 0 Å². The Hall–Kier alpha value is -1.95. The van der Waals surface area contributed by atoms with Gasteiger partial charge in [-0.25, -0.2) is 9.67 Å². The van der Waals surface area contributed by atoms with Crippen molar-refractivity contribution in [1.82, 2.24) is 19.7 Å². The van der Waals surface area contributed by atoms with Crippen LogP contribution in [0.1, 0.15) is 48.6 Å². The van der Waals surface area contributed by atoms with E-state index in [1.165, 1.54) is 12.8 Å². The Morgan fingerprint density at radius 2 is 2.17 bits per heavy atom. The Kier molecular flexibility index (Phi) is 4.22. The number of aromatic nitrogens is 3. The molecule has 24 heavy (non-hydrogen) atoms. The molecule has 1 atom stereocenters. The van der Waals surface area contributed by atoms with Gasteiger partial charge in [-0.1, -0.05) is 0 Å². The molecule has 2 aliphatic rings. The summed E-state index contributed by atoms with van der Waals surface area (Å²) in [5.74, 6) is 1.60. The van der Waals surface area contributed by atoms with Gasteiger partial charge in [0.15, 0.2) is 0 Å². The van der Waals surface area contributed by atoms with E-state index in [1.807, 2.05) is 6.92 Å². The summed E-state index contributed by atoms with van der Waals surface area (Å²) in [4.78, 5) is 19.1. The number of oxazole rings is 1. The van der Waals surface area contributed by atoms with Crippen molar-refractivity contribution in [2.24, 2.45) is 0 Å². The van der Waals surface area contributed by atoms with Crippen LogP contribution in [0.15, 0.2) is 21.5 Å². The summed E-state index contributed by atoms with van der Waals surface area (Å²) in [6.45, 7) is 4.30. The smallest absolute Gasteiger partial charge is 0.267 e. The highest BCUT2D eigenvalue weighted by molar-refractivity contribution is 5.20. The highest BCUT2D eigenvalue weighted by atomic mass is 16.4. The van der Waals surface area contributed by atoms with E-state index in [1.54, 1.807) is 16.9 Å². The van der Waals surface area contributed by atoms with Crippen molar-refractivity contribution in [1.29, 1.82) is 0 Å². The van der Waals surface area contributed by atoms with Crippen LogP contribution in [0.3, 0.4) is 0 Å². The standard InChI is InChI=1S/C18H24N4O2/c1-13-10-19-17(24-13)12-21-8-4-6-15(21)11-22-18(23)9-14-5-2-3-7-16(14)20-22/h9-10,15H,2-8,11-12H2,1H3. The topological polar surface area (TPSA) is 64.2 Å². The molecule has 0 aromatic carbocycles.